The Morgan fingerprint density at radius 1 is 1.30 bits per heavy atom. The first-order valence-electron chi connectivity index (χ1n) is 7.79. The normalized spacial score (nSPS) is 16.6. The fourth-order valence-corrected chi connectivity index (χ4v) is 3.01. The zero-order valence-electron chi connectivity index (χ0n) is 13.1. The lowest BCUT2D eigenvalue weighted by molar-refractivity contribution is 0.205. The summed E-state index contributed by atoms with van der Waals surface area (Å²) in [4.78, 5) is 2.55. The first-order chi connectivity index (χ1) is 9.72. The fourth-order valence-electron chi connectivity index (χ4n) is 3.01. The third-order valence-corrected chi connectivity index (χ3v) is 4.25. The summed E-state index contributed by atoms with van der Waals surface area (Å²) < 4.78 is 5.50. The lowest BCUT2D eigenvalue weighted by Crippen LogP contribution is -2.36. The van der Waals surface area contributed by atoms with E-state index >= 15 is 0 Å². The molecule has 1 saturated heterocycles. The van der Waals surface area contributed by atoms with Crippen molar-refractivity contribution in [1.82, 2.24) is 10.2 Å². The number of nitrogens with one attached hydrogen (secondary N) is 1. The Bertz CT molecular complexity index is 413. The monoisotopic (exact) mass is 276 g/mol. The van der Waals surface area contributed by atoms with E-state index in [9.17, 15) is 0 Å². The fraction of sp³-hybridized carbons (Fsp3) is 0.647. The molecule has 1 aliphatic rings. The highest BCUT2D eigenvalue weighted by molar-refractivity contribution is 5.36. The maximum atomic E-state index is 5.50. The van der Waals surface area contributed by atoms with Crippen LogP contribution in [0.3, 0.4) is 0 Å². The van der Waals surface area contributed by atoms with Gasteiger partial charge in [-0.3, -0.25) is 4.90 Å². The number of benzene rings is 1. The third-order valence-electron chi connectivity index (χ3n) is 4.25. The molecule has 1 aliphatic heterocycles. The molecule has 20 heavy (non-hydrogen) atoms. The van der Waals surface area contributed by atoms with Crippen molar-refractivity contribution in [2.24, 2.45) is 5.92 Å². The van der Waals surface area contributed by atoms with Gasteiger partial charge in [-0.2, -0.15) is 0 Å². The van der Waals surface area contributed by atoms with Crippen LogP contribution in [0, 0.1) is 12.8 Å². The molecule has 3 heteroatoms. The highest BCUT2D eigenvalue weighted by Gasteiger charge is 2.17. The van der Waals surface area contributed by atoms with E-state index in [1.54, 1.807) is 7.11 Å². The van der Waals surface area contributed by atoms with Crippen LogP contribution in [0.2, 0.25) is 0 Å². The van der Waals surface area contributed by atoms with Gasteiger partial charge in [0.2, 0.25) is 0 Å². The minimum absolute atomic E-state index is 0.840. The van der Waals surface area contributed by atoms with Crippen molar-refractivity contribution in [2.75, 3.05) is 33.3 Å². The Morgan fingerprint density at radius 3 is 2.70 bits per heavy atom. The number of rotatable bonds is 6. The van der Waals surface area contributed by atoms with Crippen LogP contribution in [0.4, 0.5) is 0 Å². The summed E-state index contributed by atoms with van der Waals surface area (Å²) in [5, 5.41) is 3.44. The maximum Gasteiger partial charge on any atom is 0.123 e. The number of methoxy groups -OCH3 is 1. The van der Waals surface area contributed by atoms with Crippen molar-refractivity contribution in [3.8, 4) is 5.75 Å². The smallest absolute Gasteiger partial charge is 0.123 e. The van der Waals surface area contributed by atoms with Crippen LogP contribution in [-0.4, -0.2) is 38.2 Å². The Balaban J connectivity index is 1.99. The van der Waals surface area contributed by atoms with Crippen LogP contribution in [-0.2, 0) is 6.54 Å². The number of piperidine rings is 1. The minimum Gasteiger partial charge on any atom is -0.496 e. The number of ether oxygens (including phenoxy) is 1. The number of nitrogens with zero attached hydrogens (tertiary/aromatic N) is 1. The molecule has 112 valence electrons. The minimum atomic E-state index is 0.840. The van der Waals surface area contributed by atoms with Gasteiger partial charge in [-0.25, -0.2) is 0 Å². The van der Waals surface area contributed by atoms with Gasteiger partial charge in [0.05, 0.1) is 7.11 Å². The average molecular weight is 276 g/mol. The maximum absolute atomic E-state index is 5.50. The van der Waals surface area contributed by atoms with Gasteiger partial charge in [-0.05, 0) is 51.4 Å². The second-order valence-corrected chi connectivity index (χ2v) is 5.84. The van der Waals surface area contributed by atoms with Gasteiger partial charge >= 0.3 is 0 Å². The standard InChI is InChI=1S/C17H28N2O/c1-4-19(12-15-7-9-18-10-8-15)13-16-11-14(2)5-6-17(16)20-3/h5-6,11,15,18H,4,7-10,12-13H2,1-3H3. The summed E-state index contributed by atoms with van der Waals surface area (Å²) >= 11 is 0. The molecule has 1 aromatic carbocycles. The first-order valence-corrected chi connectivity index (χ1v) is 7.79. The molecule has 0 unspecified atom stereocenters. The van der Waals surface area contributed by atoms with Gasteiger partial charge < -0.3 is 10.1 Å². The lowest BCUT2D eigenvalue weighted by atomic mass is 9.97. The van der Waals surface area contributed by atoms with Crippen LogP contribution in [0.1, 0.15) is 30.9 Å². The molecular formula is C17H28N2O. The Hall–Kier alpha value is -1.06. The van der Waals surface area contributed by atoms with E-state index in [1.807, 2.05) is 0 Å². The number of aryl methyl sites for hydroxylation is 1. The van der Waals surface area contributed by atoms with Gasteiger partial charge in [0.1, 0.15) is 5.75 Å². The van der Waals surface area contributed by atoms with Crippen LogP contribution in [0.5, 0.6) is 5.75 Å². The van der Waals surface area contributed by atoms with E-state index in [1.165, 1.54) is 43.6 Å². The van der Waals surface area contributed by atoms with Crippen molar-refractivity contribution < 1.29 is 4.74 Å². The van der Waals surface area contributed by atoms with Gasteiger partial charge in [0.15, 0.2) is 0 Å². The molecule has 3 nitrogen and oxygen atoms in total. The predicted molar refractivity (Wildman–Crippen MR) is 84.3 cm³/mol. The summed E-state index contributed by atoms with van der Waals surface area (Å²) in [5.74, 6) is 1.85. The quantitative estimate of drug-likeness (QED) is 0.864. The van der Waals surface area contributed by atoms with Crippen molar-refractivity contribution in [3.63, 3.8) is 0 Å². The Labute approximate surface area is 123 Å². The van der Waals surface area contributed by atoms with Crippen molar-refractivity contribution in [2.45, 2.75) is 33.2 Å². The van der Waals surface area contributed by atoms with E-state index in [0.29, 0.717) is 0 Å². The Kier molecular flexibility index (Phi) is 5.86. The van der Waals surface area contributed by atoms with E-state index in [2.05, 4.69) is 42.3 Å². The molecule has 0 bridgehead atoms. The van der Waals surface area contributed by atoms with Crippen LogP contribution in [0.25, 0.3) is 0 Å². The van der Waals surface area contributed by atoms with Crippen LogP contribution < -0.4 is 10.1 Å². The molecule has 0 aliphatic carbocycles. The number of hydrogen-bond donors (Lipinski definition) is 1. The van der Waals surface area contributed by atoms with E-state index < -0.39 is 0 Å². The van der Waals surface area contributed by atoms with Crippen molar-refractivity contribution in [3.05, 3.63) is 29.3 Å². The van der Waals surface area contributed by atoms with Crippen LogP contribution >= 0.6 is 0 Å². The van der Waals surface area contributed by atoms with E-state index in [0.717, 1.165) is 24.8 Å². The first kappa shape index (κ1) is 15.3. The van der Waals surface area contributed by atoms with Crippen molar-refractivity contribution >= 4 is 0 Å². The molecule has 0 aromatic heterocycles. The van der Waals surface area contributed by atoms with Gasteiger partial charge in [-0.15, -0.1) is 0 Å². The molecule has 1 fully saturated rings. The SMILES string of the molecule is CCN(Cc1cc(C)ccc1OC)CC1CCNCC1. The predicted octanol–water partition coefficient (Wildman–Crippen LogP) is 2.83. The van der Waals surface area contributed by atoms with Gasteiger partial charge in [-0.1, -0.05) is 24.6 Å². The molecular weight excluding hydrogens is 248 g/mol. The van der Waals surface area contributed by atoms with Gasteiger partial charge in [0.25, 0.3) is 0 Å². The zero-order valence-corrected chi connectivity index (χ0v) is 13.1. The number of hydrogen-bond acceptors (Lipinski definition) is 3. The van der Waals surface area contributed by atoms with E-state index in [4.69, 9.17) is 4.74 Å². The molecule has 0 amide bonds. The molecule has 1 aromatic rings. The summed E-state index contributed by atoms with van der Waals surface area (Å²) in [7, 11) is 1.76. The highest BCUT2D eigenvalue weighted by Crippen LogP contribution is 2.22. The molecule has 1 heterocycles. The van der Waals surface area contributed by atoms with E-state index in [-0.39, 0.29) is 0 Å². The summed E-state index contributed by atoms with van der Waals surface area (Å²) in [5.41, 5.74) is 2.61. The molecule has 0 atom stereocenters. The third kappa shape index (κ3) is 4.22. The summed E-state index contributed by atoms with van der Waals surface area (Å²) in [6.45, 7) is 10.0. The van der Waals surface area contributed by atoms with Gasteiger partial charge in [0, 0.05) is 18.7 Å². The molecule has 1 N–H and O–H groups in total. The Morgan fingerprint density at radius 2 is 2.05 bits per heavy atom. The second-order valence-electron chi connectivity index (χ2n) is 5.84. The average Bonchev–Trinajstić information content (AvgIpc) is 2.48. The highest BCUT2D eigenvalue weighted by atomic mass is 16.5. The zero-order chi connectivity index (χ0) is 14.4. The topological polar surface area (TPSA) is 24.5 Å². The lowest BCUT2D eigenvalue weighted by Gasteiger charge is -2.29. The second kappa shape index (κ2) is 7.65. The van der Waals surface area contributed by atoms with Crippen molar-refractivity contribution in [1.29, 1.82) is 0 Å². The molecule has 0 radical (unpaired) electrons. The summed E-state index contributed by atoms with van der Waals surface area (Å²) in [6, 6.07) is 6.46. The molecule has 0 saturated carbocycles. The largest absolute Gasteiger partial charge is 0.496 e. The van der Waals surface area contributed by atoms with Crippen LogP contribution in [0.15, 0.2) is 18.2 Å². The molecule has 2 rings (SSSR count). The molecule has 0 spiro atoms. The summed E-state index contributed by atoms with van der Waals surface area (Å²) in [6.07, 6.45) is 2.61.